The van der Waals surface area contributed by atoms with Gasteiger partial charge in [-0.25, -0.2) is 13.3 Å². The molecule has 1 aliphatic rings. The van der Waals surface area contributed by atoms with Crippen molar-refractivity contribution in [2.24, 2.45) is 0 Å². The van der Waals surface area contributed by atoms with Crippen molar-refractivity contribution in [1.29, 1.82) is 0 Å². The van der Waals surface area contributed by atoms with Crippen molar-refractivity contribution in [3.05, 3.63) is 89.9 Å². The Morgan fingerprint density at radius 2 is 2.00 bits per heavy atom. The number of pyridine rings is 1. The average molecular weight is 458 g/mol. The summed E-state index contributed by atoms with van der Waals surface area (Å²) in [6, 6.07) is 12.6. The van der Waals surface area contributed by atoms with Crippen molar-refractivity contribution in [3.63, 3.8) is 0 Å². The quantitative estimate of drug-likeness (QED) is 0.394. The lowest BCUT2D eigenvalue weighted by Crippen LogP contribution is -2.23. The summed E-state index contributed by atoms with van der Waals surface area (Å²) in [5.41, 5.74) is 3.68. The summed E-state index contributed by atoms with van der Waals surface area (Å²) in [6.45, 7) is 0.705. The van der Waals surface area contributed by atoms with E-state index < -0.39 is 11.6 Å². The molecule has 34 heavy (non-hydrogen) atoms. The molecule has 0 saturated carbocycles. The number of rotatable bonds is 4. The molecule has 2 aromatic carbocycles. The third-order valence-corrected chi connectivity index (χ3v) is 6.35. The van der Waals surface area contributed by atoms with Crippen molar-refractivity contribution in [1.82, 2.24) is 19.8 Å². The van der Waals surface area contributed by atoms with Crippen molar-refractivity contribution < 1.29 is 13.6 Å². The Kier molecular flexibility index (Phi) is 4.75. The first-order valence-electron chi connectivity index (χ1n) is 11.0. The zero-order chi connectivity index (χ0) is 23.2. The highest BCUT2D eigenvalue weighted by Crippen LogP contribution is 2.38. The van der Waals surface area contributed by atoms with Crippen LogP contribution in [0.1, 0.15) is 34.8 Å². The predicted molar refractivity (Wildman–Crippen MR) is 125 cm³/mol. The molecule has 1 amide bonds. The number of benzene rings is 2. The van der Waals surface area contributed by atoms with E-state index in [4.69, 9.17) is 0 Å². The number of nitrogens with one attached hydrogen (secondary N) is 2. The second kappa shape index (κ2) is 7.95. The zero-order valence-electron chi connectivity index (χ0n) is 18.0. The zero-order valence-corrected chi connectivity index (χ0v) is 18.0. The van der Waals surface area contributed by atoms with E-state index in [1.54, 1.807) is 16.9 Å². The average Bonchev–Trinajstić information content (AvgIpc) is 3.59. The van der Waals surface area contributed by atoms with Gasteiger partial charge in [-0.15, -0.1) is 0 Å². The minimum Gasteiger partial charge on any atom is -0.364 e. The number of halogens is 2. The highest BCUT2D eigenvalue weighted by atomic mass is 19.1. The number of carbonyl (C=O) groups excluding carboxylic acids is 1. The van der Waals surface area contributed by atoms with Gasteiger partial charge >= 0.3 is 0 Å². The van der Waals surface area contributed by atoms with Crippen LogP contribution in [-0.2, 0) is 0 Å². The minimum absolute atomic E-state index is 0.278. The summed E-state index contributed by atoms with van der Waals surface area (Å²) in [4.78, 5) is 15.1. The van der Waals surface area contributed by atoms with Crippen molar-refractivity contribution in [2.75, 3.05) is 16.8 Å². The number of carbonyl (C=O) groups is 1. The standard InChI is InChI=1S/C25H20F2N6O/c26-16-4-6-21(27)19(10-16)23-2-1-8-32(23)18-7-9-33-24(12-18)20(14-29-33)25(34)30-17-5-3-15-13-28-31-22(15)11-17/h3-7,9-14,23H,1-2,8H2,(H,28,31)(H,30,34). The molecule has 1 fully saturated rings. The predicted octanol–water partition coefficient (Wildman–Crippen LogP) is 5.08. The van der Waals surface area contributed by atoms with Crippen LogP contribution in [0.15, 0.2) is 67.1 Å². The van der Waals surface area contributed by atoms with Gasteiger partial charge in [0.25, 0.3) is 5.91 Å². The van der Waals surface area contributed by atoms with E-state index in [0.717, 1.165) is 29.1 Å². The second-order valence-corrected chi connectivity index (χ2v) is 8.42. The minimum atomic E-state index is -0.457. The molecule has 1 aliphatic heterocycles. The Bertz CT molecular complexity index is 1540. The van der Waals surface area contributed by atoms with Gasteiger partial charge in [0.15, 0.2) is 0 Å². The topological polar surface area (TPSA) is 78.3 Å². The molecule has 2 N–H and O–H groups in total. The number of hydrogen-bond donors (Lipinski definition) is 2. The maximum Gasteiger partial charge on any atom is 0.259 e. The Hall–Kier alpha value is -4.27. The number of hydrogen-bond acceptors (Lipinski definition) is 4. The molecule has 1 unspecified atom stereocenters. The van der Waals surface area contributed by atoms with E-state index in [1.165, 1.54) is 18.3 Å². The molecule has 1 saturated heterocycles. The normalized spacial score (nSPS) is 15.9. The molecule has 5 aromatic rings. The van der Waals surface area contributed by atoms with E-state index in [9.17, 15) is 13.6 Å². The van der Waals surface area contributed by atoms with Gasteiger partial charge in [-0.1, -0.05) is 0 Å². The summed E-state index contributed by atoms with van der Waals surface area (Å²) in [5.74, 6) is -1.17. The smallest absolute Gasteiger partial charge is 0.259 e. The van der Waals surface area contributed by atoms with Crippen LogP contribution in [0.5, 0.6) is 0 Å². The molecule has 0 spiro atoms. The van der Waals surface area contributed by atoms with Gasteiger partial charge in [0.05, 0.1) is 35.0 Å². The van der Waals surface area contributed by atoms with E-state index >= 15 is 0 Å². The summed E-state index contributed by atoms with van der Waals surface area (Å²) < 4.78 is 30.0. The Morgan fingerprint density at radius 3 is 2.91 bits per heavy atom. The third-order valence-electron chi connectivity index (χ3n) is 6.35. The fourth-order valence-corrected chi connectivity index (χ4v) is 4.71. The van der Waals surface area contributed by atoms with E-state index in [2.05, 4.69) is 25.5 Å². The Morgan fingerprint density at radius 1 is 1.09 bits per heavy atom. The monoisotopic (exact) mass is 458 g/mol. The Labute approximate surface area is 193 Å². The second-order valence-electron chi connectivity index (χ2n) is 8.42. The van der Waals surface area contributed by atoms with Crippen LogP contribution in [0.2, 0.25) is 0 Å². The molecule has 6 rings (SSSR count). The first kappa shape index (κ1) is 20.3. The van der Waals surface area contributed by atoms with Crippen molar-refractivity contribution in [2.45, 2.75) is 18.9 Å². The van der Waals surface area contributed by atoms with Gasteiger partial charge in [0.1, 0.15) is 11.6 Å². The Balaban J connectivity index is 1.32. The van der Waals surface area contributed by atoms with Crippen LogP contribution >= 0.6 is 0 Å². The first-order chi connectivity index (χ1) is 16.6. The van der Waals surface area contributed by atoms with Crippen LogP contribution in [0.25, 0.3) is 16.4 Å². The van der Waals surface area contributed by atoms with E-state index in [0.29, 0.717) is 35.3 Å². The van der Waals surface area contributed by atoms with Crippen LogP contribution in [0, 0.1) is 11.6 Å². The SMILES string of the molecule is O=C(Nc1ccc2cn[nH]c2c1)c1cnn2ccc(N3CCCC3c3cc(F)ccc3F)cc12. The van der Waals surface area contributed by atoms with Gasteiger partial charge in [-0.2, -0.15) is 10.2 Å². The van der Waals surface area contributed by atoms with Crippen LogP contribution in [0.3, 0.4) is 0 Å². The molecule has 9 heteroatoms. The fourth-order valence-electron chi connectivity index (χ4n) is 4.71. The number of H-pyrrole nitrogens is 1. The van der Waals surface area contributed by atoms with Crippen molar-refractivity contribution >= 4 is 33.7 Å². The lowest BCUT2D eigenvalue weighted by Gasteiger charge is -2.27. The van der Waals surface area contributed by atoms with Gasteiger partial charge in [-0.05, 0) is 61.4 Å². The van der Waals surface area contributed by atoms with Crippen LogP contribution in [-0.4, -0.2) is 32.3 Å². The van der Waals surface area contributed by atoms with Crippen LogP contribution in [0.4, 0.5) is 20.2 Å². The van der Waals surface area contributed by atoms with Gasteiger partial charge in [0, 0.05) is 35.1 Å². The van der Waals surface area contributed by atoms with Gasteiger partial charge < -0.3 is 10.2 Å². The summed E-state index contributed by atoms with van der Waals surface area (Å²) >= 11 is 0. The molecule has 7 nitrogen and oxygen atoms in total. The molecule has 0 radical (unpaired) electrons. The maximum absolute atomic E-state index is 14.5. The molecule has 4 heterocycles. The molecular formula is C25H20F2N6O. The van der Waals surface area contributed by atoms with Gasteiger partial charge in [-0.3, -0.25) is 9.89 Å². The largest absolute Gasteiger partial charge is 0.364 e. The summed E-state index contributed by atoms with van der Waals surface area (Å²) in [5, 5.41) is 15.1. The molecule has 0 aliphatic carbocycles. The number of amides is 1. The number of nitrogens with zero attached hydrogens (tertiary/aromatic N) is 4. The fraction of sp³-hybridized carbons (Fsp3) is 0.160. The maximum atomic E-state index is 14.5. The van der Waals surface area contributed by atoms with Crippen molar-refractivity contribution in [3.8, 4) is 0 Å². The lowest BCUT2D eigenvalue weighted by molar-refractivity contribution is 0.102. The number of aromatic nitrogens is 4. The summed E-state index contributed by atoms with van der Waals surface area (Å²) in [6.07, 6.45) is 6.59. The molecule has 170 valence electrons. The number of aromatic amines is 1. The first-order valence-corrected chi connectivity index (χ1v) is 11.0. The highest BCUT2D eigenvalue weighted by molar-refractivity contribution is 6.09. The molecule has 1 atom stereocenters. The van der Waals surface area contributed by atoms with Crippen LogP contribution < -0.4 is 10.2 Å². The molecule has 0 bridgehead atoms. The summed E-state index contributed by atoms with van der Waals surface area (Å²) in [7, 11) is 0. The van der Waals surface area contributed by atoms with E-state index in [-0.39, 0.29) is 11.9 Å². The number of fused-ring (bicyclic) bond motifs is 2. The molecule has 3 aromatic heterocycles. The number of anilines is 2. The van der Waals surface area contributed by atoms with Gasteiger partial charge in [0.2, 0.25) is 0 Å². The molecular weight excluding hydrogens is 438 g/mol. The highest BCUT2D eigenvalue weighted by Gasteiger charge is 2.29. The third kappa shape index (κ3) is 3.45. The van der Waals surface area contributed by atoms with E-state index in [1.807, 2.05) is 30.3 Å². The lowest BCUT2D eigenvalue weighted by atomic mass is 10.0.